The van der Waals surface area contributed by atoms with Crippen LogP contribution in [0.2, 0.25) is 0 Å². The van der Waals surface area contributed by atoms with Crippen LogP contribution in [0.1, 0.15) is 42.3 Å². The second-order valence-electron chi connectivity index (χ2n) is 7.14. The molecule has 2 nitrogen and oxygen atoms in total. The summed E-state index contributed by atoms with van der Waals surface area (Å²) in [4.78, 5) is 12.8. The topological polar surface area (TPSA) is 22.0 Å². The summed E-state index contributed by atoms with van der Waals surface area (Å²) in [6, 6.07) is 14.4. The average Bonchev–Trinajstić information content (AvgIpc) is 2.94. The number of fused-ring (bicyclic) bond motifs is 5. The third kappa shape index (κ3) is 1.58. The number of carbonyl (C=O) groups is 1. The summed E-state index contributed by atoms with van der Waals surface area (Å²) in [6.07, 6.45) is 0. The number of aromatic nitrogens is 1. The lowest BCUT2D eigenvalue weighted by Gasteiger charge is -2.19. The Labute approximate surface area is 130 Å². The zero-order valence-electron chi connectivity index (χ0n) is 13.4. The normalized spacial score (nSPS) is 13.5. The zero-order valence-corrected chi connectivity index (χ0v) is 13.4. The maximum absolute atomic E-state index is 12.8. The van der Waals surface area contributed by atoms with Crippen molar-refractivity contribution in [3.63, 3.8) is 0 Å². The van der Waals surface area contributed by atoms with E-state index in [0.717, 1.165) is 27.7 Å². The van der Waals surface area contributed by atoms with Gasteiger partial charge >= 0.3 is 0 Å². The lowest BCUT2D eigenvalue weighted by Crippen LogP contribution is -2.11. The lowest BCUT2D eigenvalue weighted by molar-refractivity contribution is 0.0973. The van der Waals surface area contributed by atoms with E-state index in [9.17, 15) is 4.79 Å². The number of nitrogens with zero attached hydrogens (tertiary/aromatic N) is 1. The molecule has 2 aromatic carbocycles. The fourth-order valence-corrected chi connectivity index (χ4v) is 3.45. The number of benzene rings is 2. The van der Waals surface area contributed by atoms with Crippen molar-refractivity contribution in [2.45, 2.75) is 33.1 Å². The van der Waals surface area contributed by atoms with Crippen LogP contribution in [0.3, 0.4) is 0 Å². The van der Waals surface area contributed by atoms with E-state index < -0.39 is 0 Å². The number of aryl methyl sites for hydroxylation is 1. The molecule has 2 heterocycles. The molecule has 0 radical (unpaired) electrons. The molecule has 0 spiro atoms. The molecule has 3 aromatic rings. The van der Waals surface area contributed by atoms with Gasteiger partial charge < -0.3 is 0 Å². The molecule has 2 heteroatoms. The fourth-order valence-electron chi connectivity index (χ4n) is 3.45. The Morgan fingerprint density at radius 3 is 2.41 bits per heavy atom. The zero-order chi connectivity index (χ0) is 15.6. The minimum atomic E-state index is 0.0748. The van der Waals surface area contributed by atoms with Gasteiger partial charge in [-0.25, -0.2) is 0 Å². The van der Waals surface area contributed by atoms with Gasteiger partial charge in [0.05, 0.1) is 11.2 Å². The predicted octanol–water partition coefficient (Wildman–Crippen LogP) is 4.92. The maximum atomic E-state index is 12.8. The van der Waals surface area contributed by atoms with E-state index in [-0.39, 0.29) is 11.3 Å². The van der Waals surface area contributed by atoms with E-state index in [4.69, 9.17) is 0 Å². The van der Waals surface area contributed by atoms with Crippen LogP contribution in [-0.4, -0.2) is 10.5 Å². The SMILES string of the molecule is Cc1c2n(c3ccccc13)C(=O)c1ccc(C(C)(C)C)cc1-2. The van der Waals surface area contributed by atoms with Gasteiger partial charge in [-0.1, -0.05) is 45.0 Å². The van der Waals surface area contributed by atoms with Gasteiger partial charge in [0.15, 0.2) is 0 Å². The summed E-state index contributed by atoms with van der Waals surface area (Å²) in [5, 5.41) is 1.16. The minimum absolute atomic E-state index is 0.0748. The van der Waals surface area contributed by atoms with Gasteiger partial charge in [-0.05, 0) is 41.7 Å². The molecule has 0 unspecified atom stereocenters. The van der Waals surface area contributed by atoms with Gasteiger partial charge in [-0.3, -0.25) is 9.36 Å². The highest BCUT2D eigenvalue weighted by atomic mass is 16.2. The van der Waals surface area contributed by atoms with Crippen molar-refractivity contribution in [1.29, 1.82) is 0 Å². The van der Waals surface area contributed by atoms with Crippen molar-refractivity contribution < 1.29 is 4.79 Å². The van der Waals surface area contributed by atoms with E-state index in [1.54, 1.807) is 0 Å². The Bertz CT molecular complexity index is 938. The Morgan fingerprint density at radius 2 is 1.68 bits per heavy atom. The van der Waals surface area contributed by atoms with Crippen LogP contribution in [0.25, 0.3) is 22.2 Å². The smallest absolute Gasteiger partial charge is 0.263 e. The molecule has 110 valence electrons. The van der Waals surface area contributed by atoms with Gasteiger partial charge in [0, 0.05) is 16.5 Å². The number of hydrogen-bond donors (Lipinski definition) is 0. The van der Waals surface area contributed by atoms with Gasteiger partial charge in [0.1, 0.15) is 0 Å². The lowest BCUT2D eigenvalue weighted by atomic mass is 9.85. The molecule has 1 aromatic heterocycles. The molecule has 1 aliphatic heterocycles. The molecule has 0 amide bonds. The van der Waals surface area contributed by atoms with Crippen LogP contribution in [-0.2, 0) is 5.41 Å². The van der Waals surface area contributed by atoms with Crippen molar-refractivity contribution in [2.24, 2.45) is 0 Å². The number of para-hydroxylation sites is 1. The maximum Gasteiger partial charge on any atom is 0.263 e. The Morgan fingerprint density at radius 1 is 0.955 bits per heavy atom. The third-order valence-corrected chi connectivity index (χ3v) is 4.70. The standard InChI is InChI=1S/C20H19NO/c1-12-14-7-5-6-8-17(14)21-18(12)16-11-13(20(2,3)4)9-10-15(16)19(21)22/h5-11H,1-4H3. The second-order valence-corrected chi connectivity index (χ2v) is 7.14. The second kappa shape index (κ2) is 4.10. The molecule has 1 aliphatic rings. The van der Waals surface area contributed by atoms with Gasteiger partial charge in [-0.15, -0.1) is 0 Å². The number of rotatable bonds is 0. The first-order valence-electron chi connectivity index (χ1n) is 7.69. The van der Waals surface area contributed by atoms with Crippen LogP contribution in [0.15, 0.2) is 42.5 Å². The molecule has 0 saturated carbocycles. The van der Waals surface area contributed by atoms with E-state index in [2.05, 4.69) is 45.9 Å². The predicted molar refractivity (Wildman–Crippen MR) is 90.5 cm³/mol. The van der Waals surface area contributed by atoms with E-state index >= 15 is 0 Å². The van der Waals surface area contributed by atoms with Crippen molar-refractivity contribution in [2.75, 3.05) is 0 Å². The first kappa shape index (κ1) is 13.3. The molecule has 0 saturated heterocycles. The molecule has 0 atom stereocenters. The summed E-state index contributed by atoms with van der Waals surface area (Å²) < 4.78 is 1.88. The Hall–Kier alpha value is -2.35. The molecular formula is C20H19NO. The van der Waals surface area contributed by atoms with Crippen LogP contribution in [0.5, 0.6) is 0 Å². The summed E-state index contributed by atoms with van der Waals surface area (Å²) in [7, 11) is 0. The number of carbonyl (C=O) groups excluding carboxylic acids is 1. The van der Waals surface area contributed by atoms with Crippen molar-refractivity contribution in [3.8, 4) is 11.3 Å². The van der Waals surface area contributed by atoms with E-state index in [0.29, 0.717) is 0 Å². The number of hydrogen-bond acceptors (Lipinski definition) is 1. The fraction of sp³-hybridized carbons (Fsp3) is 0.250. The molecule has 4 rings (SSSR count). The first-order valence-corrected chi connectivity index (χ1v) is 7.69. The monoisotopic (exact) mass is 289 g/mol. The minimum Gasteiger partial charge on any atom is -0.275 e. The molecule has 0 fully saturated rings. The molecular weight excluding hydrogens is 270 g/mol. The van der Waals surface area contributed by atoms with Crippen LogP contribution < -0.4 is 0 Å². The largest absolute Gasteiger partial charge is 0.275 e. The highest BCUT2D eigenvalue weighted by Crippen LogP contribution is 2.42. The quantitative estimate of drug-likeness (QED) is 0.450. The van der Waals surface area contributed by atoms with Gasteiger partial charge in [-0.2, -0.15) is 0 Å². The van der Waals surface area contributed by atoms with Crippen LogP contribution >= 0.6 is 0 Å². The molecule has 22 heavy (non-hydrogen) atoms. The van der Waals surface area contributed by atoms with Crippen molar-refractivity contribution in [3.05, 3.63) is 59.2 Å². The highest BCUT2D eigenvalue weighted by Gasteiger charge is 2.31. The Kier molecular flexibility index (Phi) is 2.48. The molecule has 0 aliphatic carbocycles. The third-order valence-electron chi connectivity index (χ3n) is 4.70. The summed E-state index contributed by atoms with van der Waals surface area (Å²) in [6.45, 7) is 8.72. The summed E-state index contributed by atoms with van der Waals surface area (Å²) in [5.74, 6) is 0.0924. The molecule has 0 N–H and O–H groups in total. The first-order chi connectivity index (χ1) is 10.4. The molecule has 0 bridgehead atoms. The Balaban J connectivity index is 2.09. The highest BCUT2D eigenvalue weighted by molar-refractivity contribution is 6.15. The van der Waals surface area contributed by atoms with Crippen molar-refractivity contribution >= 4 is 16.8 Å². The van der Waals surface area contributed by atoms with Crippen LogP contribution in [0.4, 0.5) is 0 Å². The van der Waals surface area contributed by atoms with E-state index in [1.807, 2.05) is 28.8 Å². The summed E-state index contributed by atoms with van der Waals surface area (Å²) in [5.41, 5.74) is 6.49. The summed E-state index contributed by atoms with van der Waals surface area (Å²) >= 11 is 0. The van der Waals surface area contributed by atoms with Crippen molar-refractivity contribution in [1.82, 2.24) is 4.57 Å². The van der Waals surface area contributed by atoms with Gasteiger partial charge in [0.25, 0.3) is 5.91 Å². The van der Waals surface area contributed by atoms with Gasteiger partial charge in [0.2, 0.25) is 0 Å². The van der Waals surface area contributed by atoms with E-state index in [1.165, 1.54) is 11.1 Å². The average molecular weight is 289 g/mol. The van der Waals surface area contributed by atoms with Crippen LogP contribution in [0, 0.1) is 6.92 Å².